The van der Waals surface area contributed by atoms with Crippen molar-refractivity contribution >= 4 is 17.5 Å². The van der Waals surface area contributed by atoms with E-state index >= 15 is 0 Å². The summed E-state index contributed by atoms with van der Waals surface area (Å²) in [4.78, 5) is 12.0. The highest BCUT2D eigenvalue weighted by molar-refractivity contribution is 6.31. The zero-order chi connectivity index (χ0) is 13.7. The van der Waals surface area contributed by atoms with Crippen molar-refractivity contribution in [3.8, 4) is 0 Å². The highest BCUT2D eigenvalue weighted by Crippen LogP contribution is 2.22. The molecular weight excluding hydrogens is 248 g/mol. The SMILES string of the molecule is CCC(C)[C@H](N)C(=O)N[C@H](C)c1ccccc1Cl. The first-order valence-corrected chi connectivity index (χ1v) is 6.65. The number of hydrogen-bond donors (Lipinski definition) is 2. The van der Waals surface area contributed by atoms with Gasteiger partial charge in [-0.2, -0.15) is 0 Å². The number of nitrogens with two attached hydrogens (primary N) is 1. The van der Waals surface area contributed by atoms with Crippen molar-refractivity contribution in [1.82, 2.24) is 5.32 Å². The first-order valence-electron chi connectivity index (χ1n) is 6.27. The summed E-state index contributed by atoms with van der Waals surface area (Å²) in [5, 5.41) is 3.56. The molecule has 100 valence electrons. The number of carbonyl (C=O) groups excluding carboxylic acids is 1. The molecule has 3 atom stereocenters. The Kier molecular flexibility index (Phi) is 5.63. The molecule has 0 aliphatic heterocycles. The molecule has 4 heteroatoms. The fourth-order valence-electron chi connectivity index (χ4n) is 1.73. The van der Waals surface area contributed by atoms with Crippen molar-refractivity contribution in [3.05, 3.63) is 34.9 Å². The zero-order valence-electron chi connectivity index (χ0n) is 11.1. The first kappa shape index (κ1) is 15.0. The van der Waals surface area contributed by atoms with Crippen LogP contribution >= 0.6 is 11.6 Å². The highest BCUT2D eigenvalue weighted by atomic mass is 35.5. The van der Waals surface area contributed by atoms with Crippen LogP contribution in [0.5, 0.6) is 0 Å². The van der Waals surface area contributed by atoms with Gasteiger partial charge < -0.3 is 11.1 Å². The smallest absolute Gasteiger partial charge is 0.237 e. The minimum Gasteiger partial charge on any atom is -0.348 e. The van der Waals surface area contributed by atoms with Crippen molar-refractivity contribution in [2.45, 2.75) is 39.3 Å². The van der Waals surface area contributed by atoms with E-state index in [4.69, 9.17) is 17.3 Å². The molecule has 18 heavy (non-hydrogen) atoms. The quantitative estimate of drug-likeness (QED) is 0.863. The van der Waals surface area contributed by atoms with Crippen LogP contribution in [-0.4, -0.2) is 11.9 Å². The summed E-state index contributed by atoms with van der Waals surface area (Å²) in [5.41, 5.74) is 6.80. The Morgan fingerprint density at radius 1 is 1.39 bits per heavy atom. The summed E-state index contributed by atoms with van der Waals surface area (Å²) in [6, 6.07) is 6.88. The average molecular weight is 269 g/mol. The lowest BCUT2D eigenvalue weighted by molar-refractivity contribution is -0.124. The predicted octanol–water partition coefficient (Wildman–Crippen LogP) is 2.89. The zero-order valence-corrected chi connectivity index (χ0v) is 11.9. The molecule has 0 aromatic heterocycles. The normalized spacial score (nSPS) is 15.8. The Labute approximate surface area is 114 Å². The van der Waals surface area contributed by atoms with E-state index in [2.05, 4.69) is 5.32 Å². The van der Waals surface area contributed by atoms with Crippen LogP contribution in [0.2, 0.25) is 5.02 Å². The third-order valence-corrected chi connectivity index (χ3v) is 3.63. The molecule has 3 N–H and O–H groups in total. The molecule has 0 fully saturated rings. The fraction of sp³-hybridized carbons (Fsp3) is 0.500. The van der Waals surface area contributed by atoms with E-state index in [1.54, 1.807) is 0 Å². The van der Waals surface area contributed by atoms with E-state index in [0.717, 1.165) is 12.0 Å². The van der Waals surface area contributed by atoms with Gasteiger partial charge in [-0.1, -0.05) is 50.1 Å². The van der Waals surface area contributed by atoms with Gasteiger partial charge in [-0.05, 0) is 24.5 Å². The van der Waals surface area contributed by atoms with Crippen LogP contribution in [0.3, 0.4) is 0 Å². The van der Waals surface area contributed by atoms with Crippen molar-refractivity contribution < 1.29 is 4.79 Å². The molecule has 1 amide bonds. The van der Waals surface area contributed by atoms with Crippen molar-refractivity contribution in [1.29, 1.82) is 0 Å². The Morgan fingerprint density at radius 2 is 2.00 bits per heavy atom. The summed E-state index contributed by atoms with van der Waals surface area (Å²) in [6.45, 7) is 5.90. The average Bonchev–Trinajstić information content (AvgIpc) is 2.37. The monoisotopic (exact) mass is 268 g/mol. The summed E-state index contributed by atoms with van der Waals surface area (Å²) < 4.78 is 0. The molecular formula is C14H21ClN2O. The molecule has 3 nitrogen and oxygen atoms in total. The second-order valence-electron chi connectivity index (χ2n) is 4.66. The van der Waals surface area contributed by atoms with Gasteiger partial charge in [0.05, 0.1) is 12.1 Å². The second kappa shape index (κ2) is 6.76. The Hall–Kier alpha value is -1.06. The lowest BCUT2D eigenvalue weighted by Crippen LogP contribution is -2.45. The van der Waals surface area contributed by atoms with Gasteiger partial charge in [-0.25, -0.2) is 0 Å². The van der Waals surface area contributed by atoms with Gasteiger partial charge >= 0.3 is 0 Å². The Balaban J connectivity index is 2.68. The standard InChI is InChI=1S/C14H21ClN2O/c1-4-9(2)13(16)14(18)17-10(3)11-7-5-6-8-12(11)15/h5-10,13H,4,16H2,1-3H3,(H,17,18)/t9?,10-,13+/m1/s1. The lowest BCUT2D eigenvalue weighted by Gasteiger charge is -2.21. The number of halogens is 1. The largest absolute Gasteiger partial charge is 0.348 e. The van der Waals surface area contributed by atoms with Gasteiger partial charge in [0.2, 0.25) is 5.91 Å². The number of amides is 1. The summed E-state index contributed by atoms with van der Waals surface area (Å²) in [6.07, 6.45) is 0.884. The molecule has 0 aliphatic carbocycles. The van der Waals surface area contributed by atoms with Gasteiger partial charge in [0.15, 0.2) is 0 Å². The molecule has 1 rings (SSSR count). The van der Waals surface area contributed by atoms with E-state index in [1.165, 1.54) is 0 Å². The van der Waals surface area contributed by atoms with Gasteiger partial charge in [0.25, 0.3) is 0 Å². The molecule has 0 bridgehead atoms. The third kappa shape index (κ3) is 3.72. The second-order valence-corrected chi connectivity index (χ2v) is 5.07. The third-order valence-electron chi connectivity index (χ3n) is 3.29. The molecule has 1 aromatic rings. The number of rotatable bonds is 5. The minimum absolute atomic E-state index is 0.128. The summed E-state index contributed by atoms with van der Waals surface area (Å²) >= 11 is 6.09. The van der Waals surface area contributed by atoms with Crippen molar-refractivity contribution in [2.24, 2.45) is 11.7 Å². The predicted molar refractivity (Wildman–Crippen MR) is 75.4 cm³/mol. The Morgan fingerprint density at radius 3 is 2.56 bits per heavy atom. The molecule has 0 aliphatic rings. The van der Waals surface area contributed by atoms with E-state index in [9.17, 15) is 4.79 Å². The maximum atomic E-state index is 12.0. The Bertz CT molecular complexity index is 409. The summed E-state index contributed by atoms with van der Waals surface area (Å²) in [5.74, 6) is 0.0419. The summed E-state index contributed by atoms with van der Waals surface area (Å²) in [7, 11) is 0. The molecule has 1 aromatic carbocycles. The number of nitrogens with one attached hydrogen (secondary N) is 1. The fourth-order valence-corrected chi connectivity index (χ4v) is 2.03. The molecule has 0 saturated heterocycles. The first-order chi connectivity index (χ1) is 8.47. The van der Waals surface area contributed by atoms with Crippen molar-refractivity contribution in [2.75, 3.05) is 0 Å². The van der Waals surface area contributed by atoms with Gasteiger partial charge in [0, 0.05) is 5.02 Å². The maximum Gasteiger partial charge on any atom is 0.237 e. The lowest BCUT2D eigenvalue weighted by atomic mass is 9.98. The van der Waals surface area contributed by atoms with E-state index in [0.29, 0.717) is 5.02 Å². The topological polar surface area (TPSA) is 55.1 Å². The maximum absolute atomic E-state index is 12.0. The van der Waals surface area contributed by atoms with Crippen LogP contribution in [0.25, 0.3) is 0 Å². The molecule has 1 unspecified atom stereocenters. The minimum atomic E-state index is -0.472. The van der Waals surface area contributed by atoms with E-state index < -0.39 is 6.04 Å². The van der Waals surface area contributed by atoms with Crippen LogP contribution in [0.4, 0.5) is 0 Å². The van der Waals surface area contributed by atoms with Gasteiger partial charge in [-0.3, -0.25) is 4.79 Å². The number of carbonyl (C=O) groups is 1. The number of benzene rings is 1. The molecule has 0 spiro atoms. The highest BCUT2D eigenvalue weighted by Gasteiger charge is 2.21. The van der Waals surface area contributed by atoms with Crippen LogP contribution in [0.1, 0.15) is 38.8 Å². The van der Waals surface area contributed by atoms with E-state index in [1.807, 2.05) is 45.0 Å². The molecule has 0 saturated carbocycles. The van der Waals surface area contributed by atoms with Crippen LogP contribution in [0.15, 0.2) is 24.3 Å². The molecule has 0 heterocycles. The van der Waals surface area contributed by atoms with Gasteiger partial charge in [-0.15, -0.1) is 0 Å². The van der Waals surface area contributed by atoms with Crippen LogP contribution in [-0.2, 0) is 4.79 Å². The van der Waals surface area contributed by atoms with Gasteiger partial charge in [0.1, 0.15) is 0 Å². The van der Waals surface area contributed by atoms with Crippen molar-refractivity contribution in [3.63, 3.8) is 0 Å². The van der Waals surface area contributed by atoms with Crippen LogP contribution < -0.4 is 11.1 Å². The molecule has 0 radical (unpaired) electrons. The number of hydrogen-bond acceptors (Lipinski definition) is 2. The van der Waals surface area contributed by atoms with E-state index in [-0.39, 0.29) is 17.9 Å². The van der Waals surface area contributed by atoms with Crippen LogP contribution in [0, 0.1) is 5.92 Å².